The van der Waals surface area contributed by atoms with Gasteiger partial charge in [-0.2, -0.15) is 0 Å². The Hall–Kier alpha value is -3.95. The van der Waals surface area contributed by atoms with E-state index in [4.69, 9.17) is 19.7 Å². The van der Waals surface area contributed by atoms with E-state index in [-0.39, 0.29) is 49.3 Å². The number of methoxy groups -OCH3 is 2. The van der Waals surface area contributed by atoms with Gasteiger partial charge >= 0.3 is 0 Å². The van der Waals surface area contributed by atoms with Crippen LogP contribution in [0.5, 0.6) is 0 Å². The van der Waals surface area contributed by atoms with Crippen molar-refractivity contribution in [3.63, 3.8) is 0 Å². The SMILES string of the molecule is C/C=C/C=C/C=C(\C)CCCC(C)C(N=O)(OC)C(=O)C(=O)N1CCCCC1C.C=C(C)C(/C=C(\C)[C@@H](O)CC(=O)C(C)CCC)OC.CC.CC(CO)(CO)C(=O)CC1CCCCC1.CCCOC=O. The summed E-state index contributed by atoms with van der Waals surface area (Å²) in [6, 6.07) is -0.0138. The second-order valence-electron chi connectivity index (χ2n) is 19.1. The molecule has 2 rings (SSSR count). The van der Waals surface area contributed by atoms with E-state index >= 15 is 0 Å². The summed E-state index contributed by atoms with van der Waals surface area (Å²) in [4.78, 5) is 72.2. The summed E-state index contributed by atoms with van der Waals surface area (Å²) in [6.07, 6.45) is 25.1. The molecule has 0 bridgehead atoms. The van der Waals surface area contributed by atoms with Crippen LogP contribution in [-0.4, -0.2) is 115 Å². The number of nitroso groups, excluding NO2 is 1. The normalized spacial score (nSPS) is 18.0. The lowest BCUT2D eigenvalue weighted by molar-refractivity contribution is -0.162. The third-order valence-electron chi connectivity index (χ3n) is 13.0. The molecule has 1 amide bonds. The Labute approximate surface area is 430 Å². The van der Waals surface area contributed by atoms with Crippen LogP contribution in [0.4, 0.5) is 0 Å². The number of hydrogen-bond acceptors (Lipinski definition) is 13. The van der Waals surface area contributed by atoms with Crippen LogP contribution in [0.1, 0.15) is 186 Å². The van der Waals surface area contributed by atoms with Gasteiger partial charge in [-0.1, -0.05) is 129 Å². The maximum absolute atomic E-state index is 13.0. The fourth-order valence-corrected chi connectivity index (χ4v) is 7.93. The number of aliphatic hydroxyl groups excluding tert-OH is 3. The van der Waals surface area contributed by atoms with Crippen LogP contribution >= 0.6 is 0 Å². The highest BCUT2D eigenvalue weighted by Gasteiger charge is 2.50. The van der Waals surface area contributed by atoms with Crippen molar-refractivity contribution in [1.82, 2.24) is 4.90 Å². The van der Waals surface area contributed by atoms with Crippen LogP contribution in [0.15, 0.2) is 64.9 Å². The number of piperidine rings is 1. The third-order valence-corrected chi connectivity index (χ3v) is 13.0. The van der Waals surface area contributed by atoms with E-state index in [1.165, 1.54) is 31.9 Å². The van der Waals surface area contributed by atoms with Crippen molar-refractivity contribution >= 4 is 29.7 Å². The summed E-state index contributed by atoms with van der Waals surface area (Å²) in [5.41, 5.74) is -0.0639. The zero-order chi connectivity index (χ0) is 55.0. The molecule has 0 radical (unpaired) electrons. The molecule has 5 unspecified atom stereocenters. The quantitative estimate of drug-likeness (QED) is 0.0167. The van der Waals surface area contributed by atoms with Crippen LogP contribution in [-0.2, 0) is 38.2 Å². The standard InChI is InChI=1S/C23H36N2O4.C16H28O3.C12H22O3.C4H8O2.C2H6/c1-6-7-8-9-13-18(2)14-12-15-19(3)23(24-28,29-5)21(26)22(27)25-17-11-10-16-20(25)4;1-7-8-12(4)14(17)10-15(18)13(5)9-16(19-6)11(2)3;1-12(8-13,9-14)11(15)7-10-5-3-2-4-6-10;1-2-3-6-4-5;1-2/h6-9,13,19-20H,10-12,14-17H2,1-5H3;9,12,15-16,18H,2,7-8,10H2,1,3-6H3;10,13-14H,2-9H2,1H3;4H,2-3H2,1H3;1-2H3/b7-6+,9-8+,18-13+;13-9+;;;/t;12?,15-,16?;;;/m.0.../s1. The van der Waals surface area contributed by atoms with Gasteiger partial charge in [0, 0.05) is 51.5 Å². The summed E-state index contributed by atoms with van der Waals surface area (Å²) < 4.78 is 14.9. The molecule has 1 heterocycles. The van der Waals surface area contributed by atoms with Gasteiger partial charge < -0.3 is 34.4 Å². The van der Waals surface area contributed by atoms with Crippen LogP contribution in [0.3, 0.4) is 0 Å². The Kier molecular flexibility index (Phi) is 42.7. The fraction of sp³-hybridized carbons (Fsp3) is 0.737. The number of carbonyl (C=O) groups is 5. The lowest BCUT2D eigenvalue weighted by Gasteiger charge is -2.36. The summed E-state index contributed by atoms with van der Waals surface area (Å²) in [7, 11) is 2.88. The first kappa shape index (κ1) is 71.3. The van der Waals surface area contributed by atoms with Crippen molar-refractivity contribution in [1.29, 1.82) is 0 Å². The highest BCUT2D eigenvalue weighted by atomic mass is 16.5. The third kappa shape index (κ3) is 28.8. The summed E-state index contributed by atoms with van der Waals surface area (Å²) in [6.45, 7) is 27.8. The number of rotatable bonds is 28. The minimum atomic E-state index is -1.96. The number of carbonyl (C=O) groups excluding carboxylic acids is 5. The number of likely N-dealkylation sites (tertiary alicyclic amines) is 1. The predicted molar refractivity (Wildman–Crippen MR) is 287 cm³/mol. The van der Waals surface area contributed by atoms with Crippen molar-refractivity contribution in [2.24, 2.45) is 28.3 Å². The molecular formula is C57H100N2O12. The van der Waals surface area contributed by atoms with Crippen LogP contribution in [0.2, 0.25) is 0 Å². The molecule has 14 nitrogen and oxygen atoms in total. The lowest BCUT2D eigenvalue weighted by atomic mass is 9.78. The van der Waals surface area contributed by atoms with E-state index in [1.807, 2.05) is 98.8 Å². The molecule has 1 aliphatic carbocycles. The molecule has 410 valence electrons. The Morgan fingerprint density at radius 2 is 1.51 bits per heavy atom. The van der Waals surface area contributed by atoms with E-state index in [2.05, 4.69) is 23.4 Å². The minimum absolute atomic E-state index is 0.0133. The number of ether oxygens (including phenoxy) is 3. The van der Waals surface area contributed by atoms with Gasteiger partial charge in [0.1, 0.15) is 11.6 Å². The fourth-order valence-electron chi connectivity index (χ4n) is 7.93. The number of aliphatic hydroxyl groups is 3. The number of allylic oxidation sites excluding steroid dienone is 6. The van der Waals surface area contributed by atoms with Gasteiger partial charge in [0.25, 0.3) is 23.9 Å². The van der Waals surface area contributed by atoms with Crippen molar-refractivity contribution in [2.45, 2.75) is 210 Å². The first-order chi connectivity index (χ1) is 33.7. The smallest absolute Gasteiger partial charge is 0.295 e. The Morgan fingerprint density at radius 1 is 0.901 bits per heavy atom. The van der Waals surface area contributed by atoms with Crippen LogP contribution in [0, 0.1) is 28.1 Å². The molecule has 6 atom stereocenters. The molecule has 1 saturated heterocycles. The molecule has 0 aromatic heterocycles. The topological polar surface area (TPSA) is 206 Å². The van der Waals surface area contributed by atoms with Crippen molar-refractivity contribution in [3.05, 3.63) is 64.7 Å². The monoisotopic (exact) mass is 1000 g/mol. The number of amides is 1. The average molecular weight is 1010 g/mol. The van der Waals surface area contributed by atoms with Gasteiger partial charge in [0.15, 0.2) is 0 Å². The highest BCUT2D eigenvalue weighted by Crippen LogP contribution is 2.32. The molecule has 1 saturated carbocycles. The van der Waals surface area contributed by atoms with E-state index in [0.717, 1.165) is 75.4 Å². The molecule has 2 fully saturated rings. The van der Waals surface area contributed by atoms with Gasteiger partial charge in [0.05, 0.1) is 37.4 Å². The molecular weight excluding hydrogens is 905 g/mol. The second-order valence-corrected chi connectivity index (χ2v) is 19.1. The Bertz CT molecular complexity index is 1630. The summed E-state index contributed by atoms with van der Waals surface area (Å²) in [5.74, 6) is -1.37. The van der Waals surface area contributed by atoms with Crippen molar-refractivity contribution < 1.29 is 53.5 Å². The molecule has 1 aliphatic heterocycles. The molecule has 0 aromatic rings. The van der Waals surface area contributed by atoms with E-state index in [9.17, 15) is 34.0 Å². The largest absolute Gasteiger partial charge is 0.468 e. The van der Waals surface area contributed by atoms with Crippen molar-refractivity contribution in [3.8, 4) is 0 Å². The number of nitrogens with zero attached hydrogens (tertiary/aromatic N) is 2. The maximum atomic E-state index is 13.0. The number of Topliss-reactive ketones (excluding diaryl/α,β-unsaturated/α-hetero) is 3. The summed E-state index contributed by atoms with van der Waals surface area (Å²) >= 11 is 0. The molecule has 0 aromatic carbocycles. The Morgan fingerprint density at radius 3 is 1.97 bits per heavy atom. The maximum Gasteiger partial charge on any atom is 0.295 e. The molecule has 71 heavy (non-hydrogen) atoms. The van der Waals surface area contributed by atoms with Gasteiger partial charge in [0.2, 0.25) is 0 Å². The highest BCUT2D eigenvalue weighted by molar-refractivity contribution is 6.39. The Balaban J connectivity index is -0.000000949. The molecule has 2 aliphatic rings. The van der Waals surface area contributed by atoms with Crippen LogP contribution in [0.25, 0.3) is 0 Å². The van der Waals surface area contributed by atoms with Crippen LogP contribution < -0.4 is 0 Å². The van der Waals surface area contributed by atoms with Crippen molar-refractivity contribution in [2.75, 3.05) is 40.6 Å². The van der Waals surface area contributed by atoms with E-state index < -0.39 is 34.9 Å². The zero-order valence-corrected chi connectivity index (χ0v) is 46.8. The molecule has 14 heteroatoms. The van der Waals surface area contributed by atoms with E-state index in [0.29, 0.717) is 38.4 Å². The zero-order valence-electron chi connectivity index (χ0n) is 46.8. The first-order valence-electron chi connectivity index (χ1n) is 26.3. The van der Waals surface area contributed by atoms with E-state index in [1.54, 1.807) is 25.9 Å². The molecule has 3 N–H and O–H groups in total. The minimum Gasteiger partial charge on any atom is -0.468 e. The predicted octanol–water partition coefficient (Wildman–Crippen LogP) is 11.3. The summed E-state index contributed by atoms with van der Waals surface area (Å²) in [5, 5.41) is 31.3. The van der Waals surface area contributed by atoms with Gasteiger partial charge in [-0.25, -0.2) is 0 Å². The first-order valence-corrected chi connectivity index (χ1v) is 26.3. The average Bonchev–Trinajstić information content (AvgIpc) is 3.37. The number of hydrogen-bond donors (Lipinski definition) is 3. The second kappa shape index (κ2) is 42.5. The van der Waals surface area contributed by atoms with Gasteiger partial charge in [-0.05, 0) is 115 Å². The van der Waals surface area contributed by atoms with Gasteiger partial charge in [-0.15, -0.1) is 4.91 Å². The lowest BCUT2D eigenvalue weighted by Crippen LogP contribution is -2.55. The van der Waals surface area contributed by atoms with Gasteiger partial charge in [-0.3, -0.25) is 24.0 Å². The molecule has 0 spiro atoms. The number of ketones is 3.